The number of anilines is 1. The lowest BCUT2D eigenvalue weighted by Gasteiger charge is -2.35. The summed E-state index contributed by atoms with van der Waals surface area (Å²) in [5, 5.41) is 17.0. The monoisotopic (exact) mass is 669 g/mol. The number of carbonyl (C=O) groups excluding carboxylic acids is 2. The van der Waals surface area contributed by atoms with Crippen molar-refractivity contribution in [3.05, 3.63) is 48.5 Å². The van der Waals surface area contributed by atoms with Gasteiger partial charge in [0.05, 0.1) is 41.8 Å². The van der Waals surface area contributed by atoms with Gasteiger partial charge in [0.1, 0.15) is 12.4 Å². The maximum absolute atomic E-state index is 13.9. The van der Waals surface area contributed by atoms with E-state index in [9.17, 15) is 9.59 Å². The van der Waals surface area contributed by atoms with Crippen molar-refractivity contribution in [3.63, 3.8) is 0 Å². The number of aryl methyl sites for hydroxylation is 2. The van der Waals surface area contributed by atoms with Gasteiger partial charge in [0.2, 0.25) is 0 Å². The number of hydrogen-bond acceptors (Lipinski definition) is 7. The van der Waals surface area contributed by atoms with Crippen LogP contribution in [0, 0.1) is 0 Å². The van der Waals surface area contributed by atoms with Crippen LogP contribution in [0.4, 0.5) is 15.3 Å². The summed E-state index contributed by atoms with van der Waals surface area (Å²) in [5.41, 5.74) is 7.35. The predicted molar refractivity (Wildman–Crippen MR) is 187 cm³/mol. The molecule has 252 valence electrons. The van der Waals surface area contributed by atoms with Gasteiger partial charge >= 0.3 is 12.1 Å². The van der Waals surface area contributed by atoms with E-state index in [1.54, 1.807) is 4.68 Å². The highest BCUT2D eigenvalue weighted by atomic mass is 28.3. The second-order valence-corrected chi connectivity index (χ2v) is 19.7. The van der Waals surface area contributed by atoms with Crippen LogP contribution >= 0.6 is 0 Å². The molecule has 0 radical (unpaired) electrons. The molecule has 13 nitrogen and oxygen atoms in total. The fraction of sp³-hybridized carbons (Fsp3) is 0.441. The lowest BCUT2D eigenvalue weighted by atomic mass is 9.96. The fourth-order valence-electron chi connectivity index (χ4n) is 7.09. The highest BCUT2D eigenvalue weighted by molar-refractivity contribution is 6.76. The first-order chi connectivity index (χ1) is 23.0. The van der Waals surface area contributed by atoms with Gasteiger partial charge in [-0.2, -0.15) is 10.2 Å². The first-order valence-corrected chi connectivity index (χ1v) is 20.2. The van der Waals surface area contributed by atoms with E-state index in [4.69, 9.17) is 14.5 Å². The minimum Gasteiger partial charge on any atom is -0.453 e. The summed E-state index contributed by atoms with van der Waals surface area (Å²) < 4.78 is 17.1. The van der Waals surface area contributed by atoms with E-state index in [0.717, 1.165) is 74.5 Å². The Morgan fingerprint density at radius 1 is 1.10 bits per heavy atom. The lowest BCUT2D eigenvalue weighted by Crippen LogP contribution is -2.49. The van der Waals surface area contributed by atoms with Crippen molar-refractivity contribution in [1.82, 2.24) is 39.7 Å². The third-order valence-electron chi connectivity index (χ3n) is 9.52. The van der Waals surface area contributed by atoms with Crippen molar-refractivity contribution < 1.29 is 19.1 Å². The average molecular weight is 670 g/mol. The molecule has 1 aliphatic carbocycles. The number of amides is 3. The van der Waals surface area contributed by atoms with E-state index >= 15 is 0 Å². The third kappa shape index (κ3) is 5.83. The van der Waals surface area contributed by atoms with Crippen LogP contribution in [-0.2, 0) is 36.8 Å². The second kappa shape index (κ2) is 12.4. The molecule has 4 aromatic heterocycles. The van der Waals surface area contributed by atoms with Crippen molar-refractivity contribution >= 4 is 47.8 Å². The second-order valence-electron chi connectivity index (χ2n) is 14.1. The standard InChI is InChI=1S/C34H43N9O4Si/c1-40-19-24(18-37-40)30-28(21-7-10-27-22(13-21)17-38-41(27)2)29-31-23(15-35-32(29)42(30)20-47-11-12-48(4,5)6)16-36-33(44)43(31)26-9-8-25(14-26)39-34(45)46-3/h7,10,13,15,17-19,25-26H,8-9,11-12,14,16,20H2,1-6H3,(H,36,44)(H,39,45)/t25-,26-/m1/s1. The van der Waals surface area contributed by atoms with E-state index in [1.807, 2.05) is 48.5 Å². The summed E-state index contributed by atoms with van der Waals surface area (Å²) in [6.45, 7) is 8.35. The number of rotatable bonds is 9. The summed E-state index contributed by atoms with van der Waals surface area (Å²) >= 11 is 0. The molecular weight excluding hydrogens is 627 g/mol. The Hall–Kier alpha value is -4.69. The Morgan fingerprint density at radius 3 is 2.69 bits per heavy atom. The molecule has 1 aliphatic heterocycles. The quantitative estimate of drug-likeness (QED) is 0.154. The SMILES string of the molecule is COC(=O)N[C@@H]1CC[C@@H](N2C(=O)NCc3cnc4c(c(-c5ccc6c(cnn6C)c5)c(-c5cnn(C)c5)n4COCC[Si](C)(C)C)c32)C1. The zero-order valence-corrected chi connectivity index (χ0v) is 29.4. The number of benzene rings is 1. The fourth-order valence-corrected chi connectivity index (χ4v) is 7.85. The molecular formula is C34H43N9O4Si. The van der Waals surface area contributed by atoms with Crippen molar-refractivity contribution in [3.8, 4) is 22.4 Å². The Labute approximate surface area is 280 Å². The molecule has 0 spiro atoms. The normalized spacial score (nSPS) is 18.0. The van der Waals surface area contributed by atoms with E-state index in [2.05, 4.69) is 63.2 Å². The highest BCUT2D eigenvalue weighted by Gasteiger charge is 2.39. The first-order valence-electron chi connectivity index (χ1n) is 16.5. The summed E-state index contributed by atoms with van der Waals surface area (Å²) in [6.07, 6.45) is 9.26. The largest absolute Gasteiger partial charge is 0.453 e. The van der Waals surface area contributed by atoms with Crippen molar-refractivity contribution in [2.24, 2.45) is 14.1 Å². The van der Waals surface area contributed by atoms with Gasteiger partial charge in [0.25, 0.3) is 0 Å². The molecule has 2 aliphatic rings. The maximum atomic E-state index is 13.9. The molecule has 1 saturated carbocycles. The van der Waals surface area contributed by atoms with Crippen LogP contribution in [0.1, 0.15) is 24.8 Å². The molecule has 2 N–H and O–H groups in total. The number of urea groups is 1. The minimum absolute atomic E-state index is 0.0965. The topological polar surface area (TPSA) is 133 Å². The van der Waals surface area contributed by atoms with E-state index in [0.29, 0.717) is 26.3 Å². The number of hydrogen-bond donors (Lipinski definition) is 2. The first kappa shape index (κ1) is 31.9. The van der Waals surface area contributed by atoms with Crippen LogP contribution in [0.15, 0.2) is 43.0 Å². The molecule has 48 heavy (non-hydrogen) atoms. The Morgan fingerprint density at radius 2 is 1.94 bits per heavy atom. The van der Waals surface area contributed by atoms with Crippen LogP contribution in [0.25, 0.3) is 44.3 Å². The predicted octanol–water partition coefficient (Wildman–Crippen LogP) is 5.61. The molecule has 0 bridgehead atoms. The Bertz CT molecular complexity index is 2020. The number of fused-ring (bicyclic) bond motifs is 4. The number of nitrogens with one attached hydrogen (secondary N) is 2. The lowest BCUT2D eigenvalue weighted by molar-refractivity contribution is 0.0909. The van der Waals surface area contributed by atoms with Gasteiger partial charge < -0.3 is 24.7 Å². The van der Waals surface area contributed by atoms with Gasteiger partial charge in [-0.15, -0.1) is 0 Å². The van der Waals surface area contributed by atoms with Gasteiger partial charge in [-0.3, -0.25) is 14.3 Å². The smallest absolute Gasteiger partial charge is 0.407 e. The zero-order chi connectivity index (χ0) is 33.7. The van der Waals surface area contributed by atoms with Crippen molar-refractivity contribution in [2.45, 2.75) is 70.3 Å². The molecule has 0 unspecified atom stereocenters. The van der Waals surface area contributed by atoms with Crippen molar-refractivity contribution in [2.75, 3.05) is 18.6 Å². The van der Waals surface area contributed by atoms with Crippen LogP contribution in [-0.4, -0.2) is 75.1 Å². The number of pyridine rings is 1. The number of alkyl carbamates (subject to hydrolysis) is 1. The maximum Gasteiger partial charge on any atom is 0.407 e. The molecule has 5 aromatic rings. The molecule has 1 fully saturated rings. The van der Waals surface area contributed by atoms with Crippen LogP contribution in [0.2, 0.25) is 25.7 Å². The highest BCUT2D eigenvalue weighted by Crippen LogP contribution is 2.48. The minimum atomic E-state index is -1.32. The number of ether oxygens (including phenoxy) is 2. The number of nitrogens with zero attached hydrogens (tertiary/aromatic N) is 7. The van der Waals surface area contributed by atoms with Gasteiger partial charge in [-0.05, 0) is 43.0 Å². The summed E-state index contributed by atoms with van der Waals surface area (Å²) in [6, 6.07) is 7.02. The molecule has 2 atom stereocenters. The van der Waals surface area contributed by atoms with E-state index < -0.39 is 14.2 Å². The molecule has 5 heterocycles. The number of methoxy groups -OCH3 is 1. The van der Waals surface area contributed by atoms with E-state index in [1.165, 1.54) is 7.11 Å². The molecule has 1 aromatic carbocycles. The Kier molecular flexibility index (Phi) is 8.23. The Balaban J connectivity index is 1.46. The average Bonchev–Trinajstić information content (AvgIpc) is 3.84. The van der Waals surface area contributed by atoms with Crippen LogP contribution < -0.4 is 15.5 Å². The summed E-state index contributed by atoms with van der Waals surface area (Å²) in [5.74, 6) is 0. The van der Waals surface area contributed by atoms with E-state index in [-0.39, 0.29) is 18.1 Å². The molecule has 7 rings (SSSR count). The third-order valence-corrected chi connectivity index (χ3v) is 11.2. The van der Waals surface area contributed by atoms with Crippen LogP contribution in [0.5, 0.6) is 0 Å². The van der Waals surface area contributed by atoms with Gasteiger partial charge in [0.15, 0.2) is 0 Å². The zero-order valence-electron chi connectivity index (χ0n) is 28.4. The summed E-state index contributed by atoms with van der Waals surface area (Å²) in [4.78, 5) is 32.9. The van der Waals surface area contributed by atoms with Gasteiger partial charge in [0, 0.05) is 81.9 Å². The number of aromatic nitrogens is 6. The van der Waals surface area contributed by atoms with Gasteiger partial charge in [-0.25, -0.2) is 14.6 Å². The number of carbonyl (C=O) groups is 2. The van der Waals surface area contributed by atoms with Crippen molar-refractivity contribution in [1.29, 1.82) is 0 Å². The summed E-state index contributed by atoms with van der Waals surface area (Å²) in [7, 11) is 3.89. The molecule has 3 amide bonds. The molecule has 0 saturated heterocycles. The molecule has 14 heteroatoms. The van der Waals surface area contributed by atoms with Crippen LogP contribution in [0.3, 0.4) is 0 Å². The van der Waals surface area contributed by atoms with Gasteiger partial charge in [-0.1, -0.05) is 25.7 Å².